The van der Waals surface area contributed by atoms with Crippen LogP contribution in [0.3, 0.4) is 0 Å². The molecular formula is C13H20N2O2. The topological polar surface area (TPSA) is 47.7 Å². The van der Waals surface area contributed by atoms with E-state index in [1.165, 1.54) is 0 Å². The van der Waals surface area contributed by atoms with E-state index in [1.807, 2.05) is 25.2 Å². The molecule has 0 saturated carbocycles. The molecule has 0 aliphatic carbocycles. The maximum atomic E-state index is 5.98. The Bertz CT molecular complexity index is 376. The molecule has 1 aliphatic heterocycles. The van der Waals surface area contributed by atoms with Gasteiger partial charge in [-0.1, -0.05) is 0 Å². The lowest BCUT2D eigenvalue weighted by molar-refractivity contribution is 0.116. The SMILES string of the molecule is COc1ccc(N)c(N(C)CC2CCCO2)c1. The number of ether oxygens (including phenoxy) is 2. The van der Waals surface area contributed by atoms with Crippen LogP contribution in [0.4, 0.5) is 11.4 Å². The molecule has 4 nitrogen and oxygen atoms in total. The highest BCUT2D eigenvalue weighted by Crippen LogP contribution is 2.28. The Hall–Kier alpha value is -1.42. The van der Waals surface area contributed by atoms with Gasteiger partial charge in [0, 0.05) is 26.3 Å². The van der Waals surface area contributed by atoms with Crippen LogP contribution in [-0.4, -0.2) is 33.4 Å². The highest BCUT2D eigenvalue weighted by molar-refractivity contribution is 5.69. The molecule has 1 aromatic carbocycles. The first-order chi connectivity index (χ1) is 8.20. The van der Waals surface area contributed by atoms with Crippen molar-refractivity contribution in [2.75, 3.05) is 37.9 Å². The Kier molecular flexibility index (Phi) is 3.74. The number of hydrogen-bond donors (Lipinski definition) is 1. The van der Waals surface area contributed by atoms with Crippen molar-refractivity contribution in [1.29, 1.82) is 0 Å². The fraction of sp³-hybridized carbons (Fsp3) is 0.538. The summed E-state index contributed by atoms with van der Waals surface area (Å²) < 4.78 is 10.8. The summed E-state index contributed by atoms with van der Waals surface area (Å²) in [6.07, 6.45) is 2.62. The van der Waals surface area contributed by atoms with Crippen molar-refractivity contribution in [3.05, 3.63) is 18.2 Å². The molecule has 1 heterocycles. The van der Waals surface area contributed by atoms with Gasteiger partial charge in [-0.3, -0.25) is 0 Å². The minimum Gasteiger partial charge on any atom is -0.497 e. The Morgan fingerprint density at radius 3 is 3.00 bits per heavy atom. The molecule has 1 atom stereocenters. The number of methoxy groups -OCH3 is 1. The summed E-state index contributed by atoms with van der Waals surface area (Å²) in [7, 11) is 3.70. The Morgan fingerprint density at radius 1 is 1.53 bits per heavy atom. The molecule has 0 radical (unpaired) electrons. The van der Waals surface area contributed by atoms with Gasteiger partial charge in [-0.2, -0.15) is 0 Å². The lowest BCUT2D eigenvalue weighted by Crippen LogP contribution is -2.29. The van der Waals surface area contributed by atoms with E-state index < -0.39 is 0 Å². The normalized spacial score (nSPS) is 19.3. The van der Waals surface area contributed by atoms with Gasteiger partial charge in [0.05, 0.1) is 24.6 Å². The van der Waals surface area contributed by atoms with Crippen molar-refractivity contribution in [3.8, 4) is 5.75 Å². The molecule has 1 unspecified atom stereocenters. The molecule has 1 aromatic rings. The highest BCUT2D eigenvalue weighted by Gasteiger charge is 2.18. The first-order valence-corrected chi connectivity index (χ1v) is 5.97. The van der Waals surface area contributed by atoms with Gasteiger partial charge in [-0.15, -0.1) is 0 Å². The Labute approximate surface area is 102 Å². The quantitative estimate of drug-likeness (QED) is 0.811. The van der Waals surface area contributed by atoms with Crippen LogP contribution < -0.4 is 15.4 Å². The van der Waals surface area contributed by atoms with E-state index in [-0.39, 0.29) is 0 Å². The molecule has 0 spiro atoms. The van der Waals surface area contributed by atoms with E-state index >= 15 is 0 Å². The van der Waals surface area contributed by atoms with Crippen molar-refractivity contribution in [1.82, 2.24) is 0 Å². The summed E-state index contributed by atoms with van der Waals surface area (Å²) in [6, 6.07) is 5.71. The second kappa shape index (κ2) is 5.27. The van der Waals surface area contributed by atoms with E-state index in [2.05, 4.69) is 4.90 Å². The molecule has 94 valence electrons. The van der Waals surface area contributed by atoms with Crippen molar-refractivity contribution < 1.29 is 9.47 Å². The maximum Gasteiger partial charge on any atom is 0.121 e. The van der Waals surface area contributed by atoms with Crippen LogP contribution in [0.25, 0.3) is 0 Å². The van der Waals surface area contributed by atoms with Crippen LogP contribution in [0.2, 0.25) is 0 Å². The zero-order chi connectivity index (χ0) is 12.3. The molecular weight excluding hydrogens is 216 g/mol. The number of hydrogen-bond acceptors (Lipinski definition) is 4. The molecule has 17 heavy (non-hydrogen) atoms. The zero-order valence-electron chi connectivity index (χ0n) is 10.5. The molecule has 2 N–H and O–H groups in total. The third-order valence-electron chi connectivity index (χ3n) is 3.15. The molecule has 2 rings (SSSR count). The van der Waals surface area contributed by atoms with Gasteiger partial charge >= 0.3 is 0 Å². The van der Waals surface area contributed by atoms with E-state index in [9.17, 15) is 0 Å². The third kappa shape index (κ3) is 2.82. The fourth-order valence-electron chi connectivity index (χ4n) is 2.17. The summed E-state index contributed by atoms with van der Waals surface area (Å²) >= 11 is 0. The molecule has 1 saturated heterocycles. The highest BCUT2D eigenvalue weighted by atomic mass is 16.5. The van der Waals surface area contributed by atoms with Gasteiger partial charge in [-0.05, 0) is 25.0 Å². The number of benzene rings is 1. The molecule has 1 fully saturated rings. The summed E-state index contributed by atoms with van der Waals surface area (Å²) in [6.45, 7) is 1.75. The van der Waals surface area contributed by atoms with E-state index in [4.69, 9.17) is 15.2 Å². The Balaban J connectivity index is 2.08. The first kappa shape index (κ1) is 12.0. The monoisotopic (exact) mass is 236 g/mol. The zero-order valence-corrected chi connectivity index (χ0v) is 10.5. The van der Waals surface area contributed by atoms with Gasteiger partial charge in [-0.25, -0.2) is 0 Å². The smallest absolute Gasteiger partial charge is 0.121 e. The molecule has 0 aromatic heterocycles. The van der Waals surface area contributed by atoms with Crippen molar-refractivity contribution in [3.63, 3.8) is 0 Å². The molecule has 0 bridgehead atoms. The second-order valence-corrected chi connectivity index (χ2v) is 4.44. The van der Waals surface area contributed by atoms with Gasteiger partial charge in [0.25, 0.3) is 0 Å². The molecule has 4 heteroatoms. The maximum absolute atomic E-state index is 5.98. The largest absolute Gasteiger partial charge is 0.497 e. The average Bonchev–Trinajstić information content (AvgIpc) is 2.82. The van der Waals surface area contributed by atoms with Gasteiger partial charge in [0.1, 0.15) is 5.75 Å². The summed E-state index contributed by atoms with van der Waals surface area (Å²) in [5.74, 6) is 0.827. The second-order valence-electron chi connectivity index (χ2n) is 4.44. The van der Waals surface area contributed by atoms with E-state index in [1.54, 1.807) is 7.11 Å². The van der Waals surface area contributed by atoms with Gasteiger partial charge in [0.2, 0.25) is 0 Å². The number of nitrogens with zero attached hydrogens (tertiary/aromatic N) is 1. The summed E-state index contributed by atoms with van der Waals surface area (Å²) in [5.41, 5.74) is 7.75. The lowest BCUT2D eigenvalue weighted by atomic mass is 10.2. The van der Waals surface area contributed by atoms with Crippen LogP contribution in [0.1, 0.15) is 12.8 Å². The molecule has 0 amide bonds. The first-order valence-electron chi connectivity index (χ1n) is 5.97. The van der Waals surface area contributed by atoms with Crippen LogP contribution in [0.5, 0.6) is 5.75 Å². The summed E-state index contributed by atoms with van der Waals surface area (Å²) in [4.78, 5) is 2.13. The van der Waals surface area contributed by atoms with Crippen molar-refractivity contribution in [2.45, 2.75) is 18.9 Å². The molecule has 1 aliphatic rings. The van der Waals surface area contributed by atoms with E-state index in [0.29, 0.717) is 6.10 Å². The lowest BCUT2D eigenvalue weighted by Gasteiger charge is -2.24. The van der Waals surface area contributed by atoms with Crippen LogP contribution >= 0.6 is 0 Å². The van der Waals surface area contributed by atoms with Crippen LogP contribution in [-0.2, 0) is 4.74 Å². The number of nitrogen functional groups attached to an aromatic ring is 1. The van der Waals surface area contributed by atoms with Crippen LogP contribution in [0, 0.1) is 0 Å². The Morgan fingerprint density at radius 2 is 2.35 bits per heavy atom. The average molecular weight is 236 g/mol. The minimum atomic E-state index is 0.325. The number of anilines is 2. The fourth-order valence-corrected chi connectivity index (χ4v) is 2.17. The standard InChI is InChI=1S/C13H20N2O2/c1-15(9-11-4-3-7-17-11)13-8-10(16-2)5-6-12(13)14/h5-6,8,11H,3-4,7,9,14H2,1-2H3. The number of nitrogens with two attached hydrogens (primary N) is 1. The van der Waals surface area contributed by atoms with Crippen molar-refractivity contribution >= 4 is 11.4 Å². The summed E-state index contributed by atoms with van der Waals surface area (Å²) in [5, 5.41) is 0. The predicted molar refractivity (Wildman–Crippen MR) is 69.7 cm³/mol. The number of likely N-dealkylation sites (N-methyl/N-ethyl adjacent to an activating group) is 1. The van der Waals surface area contributed by atoms with E-state index in [0.717, 1.165) is 43.1 Å². The van der Waals surface area contributed by atoms with Crippen molar-refractivity contribution in [2.24, 2.45) is 0 Å². The minimum absolute atomic E-state index is 0.325. The third-order valence-corrected chi connectivity index (χ3v) is 3.15. The van der Waals surface area contributed by atoms with Gasteiger partial charge < -0.3 is 20.1 Å². The number of rotatable bonds is 4. The van der Waals surface area contributed by atoms with Crippen LogP contribution in [0.15, 0.2) is 18.2 Å². The predicted octanol–water partition coefficient (Wildman–Crippen LogP) is 1.89. The van der Waals surface area contributed by atoms with Gasteiger partial charge in [0.15, 0.2) is 0 Å².